The molecule has 0 fully saturated rings. The van der Waals surface area contributed by atoms with Crippen LogP contribution in [0.1, 0.15) is 26.5 Å². The lowest BCUT2D eigenvalue weighted by atomic mass is 9.90. The highest BCUT2D eigenvalue weighted by Crippen LogP contribution is 2.27. The van der Waals surface area contributed by atoms with Crippen LogP contribution in [0.5, 0.6) is 0 Å². The number of carbonyl (C=O) groups is 1. The Bertz CT molecular complexity index is 415. The summed E-state index contributed by atoms with van der Waals surface area (Å²) in [5, 5.41) is 14.9. The molecule has 5 nitrogen and oxygen atoms in total. The van der Waals surface area contributed by atoms with Crippen LogP contribution in [0.3, 0.4) is 0 Å². The average molecular weight is 271 g/mol. The minimum atomic E-state index is -0.941. The fraction of sp³-hybridized carbons (Fsp3) is 0.667. The van der Waals surface area contributed by atoms with Crippen molar-refractivity contribution in [2.75, 3.05) is 26.0 Å². The Kier molecular flexibility index (Phi) is 4.70. The Labute approximate surface area is 112 Å². The first-order valence-corrected chi connectivity index (χ1v) is 6.72. The van der Waals surface area contributed by atoms with Gasteiger partial charge in [0, 0.05) is 18.0 Å². The van der Waals surface area contributed by atoms with Crippen LogP contribution in [0, 0.1) is 0 Å². The van der Waals surface area contributed by atoms with Crippen molar-refractivity contribution in [1.82, 2.24) is 9.88 Å². The molecule has 0 aliphatic carbocycles. The molecule has 1 heterocycles. The van der Waals surface area contributed by atoms with E-state index in [0.29, 0.717) is 11.7 Å². The average Bonchev–Trinajstić information content (AvgIpc) is 2.74. The van der Waals surface area contributed by atoms with Crippen LogP contribution in [0.2, 0.25) is 0 Å². The van der Waals surface area contributed by atoms with E-state index >= 15 is 0 Å². The van der Waals surface area contributed by atoms with Crippen molar-refractivity contribution in [3.05, 3.63) is 11.1 Å². The van der Waals surface area contributed by atoms with Gasteiger partial charge in [-0.05, 0) is 34.9 Å². The molecule has 1 aromatic rings. The van der Waals surface area contributed by atoms with Crippen LogP contribution in [0.4, 0.5) is 5.13 Å². The van der Waals surface area contributed by atoms with E-state index < -0.39 is 11.4 Å². The third-order valence-electron chi connectivity index (χ3n) is 3.11. The molecule has 2 N–H and O–H groups in total. The SMILES string of the molecule is CC(CNc1nc(C(C)(C)C(=O)O)cs1)N(C)C. The first-order chi connectivity index (χ1) is 8.25. The second-order valence-corrected chi connectivity index (χ2v) is 6.02. The molecule has 1 unspecified atom stereocenters. The molecule has 0 spiro atoms. The number of likely N-dealkylation sites (N-methyl/N-ethyl adjacent to an activating group) is 1. The maximum Gasteiger partial charge on any atom is 0.315 e. The Morgan fingerprint density at radius 1 is 1.61 bits per heavy atom. The molecule has 6 heteroatoms. The number of aliphatic carboxylic acids is 1. The summed E-state index contributed by atoms with van der Waals surface area (Å²) in [6.07, 6.45) is 0. The van der Waals surface area contributed by atoms with E-state index in [2.05, 4.69) is 22.1 Å². The molecular weight excluding hydrogens is 250 g/mol. The van der Waals surface area contributed by atoms with E-state index in [-0.39, 0.29) is 0 Å². The molecule has 0 amide bonds. The molecule has 0 aliphatic rings. The first kappa shape index (κ1) is 14.9. The van der Waals surface area contributed by atoms with Crippen LogP contribution < -0.4 is 5.32 Å². The summed E-state index contributed by atoms with van der Waals surface area (Å²) < 4.78 is 0. The Morgan fingerprint density at radius 2 is 2.22 bits per heavy atom. The van der Waals surface area contributed by atoms with Crippen molar-refractivity contribution in [1.29, 1.82) is 0 Å². The number of anilines is 1. The van der Waals surface area contributed by atoms with E-state index in [1.165, 1.54) is 11.3 Å². The quantitative estimate of drug-likeness (QED) is 0.827. The van der Waals surface area contributed by atoms with Gasteiger partial charge in [0.2, 0.25) is 0 Å². The Hall–Kier alpha value is -1.14. The maximum atomic E-state index is 11.1. The van der Waals surface area contributed by atoms with Crippen LogP contribution in [0.25, 0.3) is 0 Å². The topological polar surface area (TPSA) is 65.5 Å². The number of carboxylic acid groups (broad SMARTS) is 1. The summed E-state index contributed by atoms with van der Waals surface area (Å²) >= 11 is 1.44. The van der Waals surface area contributed by atoms with E-state index in [0.717, 1.165) is 11.7 Å². The maximum absolute atomic E-state index is 11.1. The number of aromatic nitrogens is 1. The van der Waals surface area contributed by atoms with Crippen LogP contribution in [-0.4, -0.2) is 47.6 Å². The zero-order chi connectivity index (χ0) is 13.9. The number of hydrogen-bond donors (Lipinski definition) is 2. The molecule has 1 aromatic heterocycles. The molecule has 0 saturated heterocycles. The molecular formula is C12H21N3O2S. The van der Waals surface area contributed by atoms with Gasteiger partial charge in [-0.1, -0.05) is 0 Å². The summed E-state index contributed by atoms with van der Waals surface area (Å²) in [7, 11) is 4.04. The predicted octanol–water partition coefficient (Wildman–Crippen LogP) is 1.87. The molecule has 0 radical (unpaired) electrons. The first-order valence-electron chi connectivity index (χ1n) is 5.85. The van der Waals surface area contributed by atoms with Gasteiger partial charge in [0.05, 0.1) is 5.69 Å². The van der Waals surface area contributed by atoms with Gasteiger partial charge in [0.15, 0.2) is 5.13 Å². The van der Waals surface area contributed by atoms with E-state index in [4.69, 9.17) is 5.11 Å². The lowest BCUT2D eigenvalue weighted by Crippen LogP contribution is -2.31. The van der Waals surface area contributed by atoms with Gasteiger partial charge in [-0.2, -0.15) is 0 Å². The summed E-state index contributed by atoms with van der Waals surface area (Å²) in [6, 6.07) is 0.393. The number of rotatable bonds is 6. The fourth-order valence-electron chi connectivity index (χ4n) is 1.17. The summed E-state index contributed by atoms with van der Waals surface area (Å²) in [6.45, 7) is 6.23. The normalized spacial score (nSPS) is 13.7. The third-order valence-corrected chi connectivity index (χ3v) is 3.91. The molecule has 102 valence electrons. The highest BCUT2D eigenvalue weighted by molar-refractivity contribution is 7.13. The van der Waals surface area contributed by atoms with Crippen molar-refractivity contribution in [2.24, 2.45) is 0 Å². The Balaban J connectivity index is 2.67. The number of hydrogen-bond acceptors (Lipinski definition) is 5. The van der Waals surface area contributed by atoms with Gasteiger partial charge in [-0.25, -0.2) is 4.98 Å². The lowest BCUT2D eigenvalue weighted by molar-refractivity contribution is -0.142. The van der Waals surface area contributed by atoms with Gasteiger partial charge in [0.1, 0.15) is 5.41 Å². The molecule has 1 atom stereocenters. The molecule has 0 aromatic carbocycles. The molecule has 0 aliphatic heterocycles. The van der Waals surface area contributed by atoms with Crippen molar-refractivity contribution in [2.45, 2.75) is 32.2 Å². The molecule has 1 rings (SSSR count). The largest absolute Gasteiger partial charge is 0.481 e. The molecule has 0 bridgehead atoms. The second-order valence-electron chi connectivity index (χ2n) is 5.16. The minimum Gasteiger partial charge on any atom is -0.481 e. The van der Waals surface area contributed by atoms with Crippen molar-refractivity contribution in [3.63, 3.8) is 0 Å². The highest BCUT2D eigenvalue weighted by atomic mass is 32.1. The number of nitrogens with one attached hydrogen (secondary N) is 1. The van der Waals surface area contributed by atoms with Gasteiger partial charge >= 0.3 is 5.97 Å². The van der Waals surface area contributed by atoms with Crippen molar-refractivity contribution < 1.29 is 9.90 Å². The van der Waals surface area contributed by atoms with Crippen LogP contribution in [0.15, 0.2) is 5.38 Å². The number of thiazole rings is 1. The zero-order valence-electron chi connectivity index (χ0n) is 11.5. The zero-order valence-corrected chi connectivity index (χ0v) is 12.3. The number of carboxylic acids is 1. The van der Waals surface area contributed by atoms with E-state index in [1.54, 1.807) is 19.2 Å². The highest BCUT2D eigenvalue weighted by Gasteiger charge is 2.32. The lowest BCUT2D eigenvalue weighted by Gasteiger charge is -2.19. The van der Waals surface area contributed by atoms with Crippen LogP contribution >= 0.6 is 11.3 Å². The van der Waals surface area contributed by atoms with Gasteiger partial charge in [-0.15, -0.1) is 11.3 Å². The predicted molar refractivity (Wildman–Crippen MR) is 74.4 cm³/mol. The van der Waals surface area contributed by atoms with Crippen molar-refractivity contribution in [3.8, 4) is 0 Å². The fourth-order valence-corrected chi connectivity index (χ4v) is 2.06. The monoisotopic (exact) mass is 271 g/mol. The molecule has 0 saturated carbocycles. The Morgan fingerprint density at radius 3 is 2.72 bits per heavy atom. The van der Waals surface area contributed by atoms with Crippen molar-refractivity contribution >= 4 is 22.4 Å². The number of nitrogens with zero attached hydrogens (tertiary/aromatic N) is 2. The summed E-state index contributed by atoms with van der Waals surface area (Å²) in [5.41, 5.74) is -0.344. The van der Waals surface area contributed by atoms with Gasteiger partial charge < -0.3 is 15.3 Å². The third kappa shape index (κ3) is 3.43. The minimum absolute atomic E-state index is 0.393. The summed E-state index contributed by atoms with van der Waals surface area (Å²) in [5.74, 6) is -0.860. The smallest absolute Gasteiger partial charge is 0.315 e. The summed E-state index contributed by atoms with van der Waals surface area (Å²) in [4.78, 5) is 17.6. The standard InChI is InChI=1S/C12H21N3O2S/c1-8(15(4)5)6-13-11-14-9(7-18-11)12(2,3)10(16)17/h7-8H,6H2,1-5H3,(H,13,14)(H,16,17). The molecule has 18 heavy (non-hydrogen) atoms. The van der Waals surface area contributed by atoms with E-state index in [1.807, 2.05) is 14.1 Å². The van der Waals surface area contributed by atoms with Gasteiger partial charge in [0.25, 0.3) is 0 Å². The van der Waals surface area contributed by atoms with E-state index in [9.17, 15) is 4.79 Å². The van der Waals surface area contributed by atoms with Gasteiger partial charge in [-0.3, -0.25) is 4.79 Å². The second kappa shape index (κ2) is 5.67. The van der Waals surface area contributed by atoms with Crippen LogP contribution in [-0.2, 0) is 10.2 Å².